The molecular formula is C2H2FS. The van der Waals surface area contributed by atoms with E-state index in [9.17, 15) is 4.39 Å². The molecule has 0 aromatic carbocycles. The largest absolute Gasteiger partial charge is 0.245 e. The van der Waals surface area contributed by atoms with Crippen LogP contribution in [0, 0.1) is 0 Å². The zero-order valence-electron chi connectivity index (χ0n) is 1.99. The third-order valence-corrected chi connectivity index (χ3v) is 0.164. The van der Waals surface area contributed by atoms with Crippen LogP contribution in [0.3, 0.4) is 0 Å². The summed E-state index contributed by atoms with van der Waals surface area (Å²) in [6, 6.07) is 0. The number of alkyl halides is 1. The number of hydrogen-bond donors (Lipinski definition) is 0. The van der Waals surface area contributed by atoms with Crippen LogP contribution in [0.25, 0.3) is 0 Å². The van der Waals surface area contributed by atoms with Crippen LogP contribution in [0.1, 0.15) is 0 Å². The van der Waals surface area contributed by atoms with Gasteiger partial charge in [0.2, 0.25) is 0 Å². The van der Waals surface area contributed by atoms with Crippen molar-refractivity contribution in [3.63, 3.8) is 0 Å². The second-order valence-corrected chi connectivity index (χ2v) is 0.567. The van der Waals surface area contributed by atoms with E-state index >= 15 is 0 Å². The SMILES string of the molecule is FC[C]=S. The molecule has 0 aromatic heterocycles. The minimum Gasteiger partial charge on any atom is -0.245 e. The van der Waals surface area contributed by atoms with E-state index in [4.69, 9.17) is 0 Å². The molecule has 0 aliphatic rings. The molecule has 0 nitrogen and oxygen atoms in total. The molecule has 0 fully saturated rings. The van der Waals surface area contributed by atoms with Crippen molar-refractivity contribution in [2.24, 2.45) is 0 Å². The molecule has 0 rings (SSSR count). The standard InChI is InChI=1S/C2H2FS/c3-1-2-4/h1H2. The van der Waals surface area contributed by atoms with Gasteiger partial charge in [-0.2, -0.15) is 0 Å². The molecule has 23 valence electrons. The van der Waals surface area contributed by atoms with Crippen molar-refractivity contribution in [2.45, 2.75) is 0 Å². The fourth-order valence-corrected chi connectivity index (χ4v) is 0. The molecule has 0 bridgehead atoms. The first-order valence-electron chi connectivity index (χ1n) is 0.825. The van der Waals surface area contributed by atoms with Crippen LogP contribution in [-0.2, 0) is 0 Å². The highest BCUT2D eigenvalue weighted by atomic mass is 32.1. The molecular weight excluding hydrogens is 75.1 g/mol. The van der Waals surface area contributed by atoms with Crippen molar-refractivity contribution in [3.05, 3.63) is 0 Å². The number of thiocarbonyl (C=S) groups is 1. The van der Waals surface area contributed by atoms with Crippen molar-refractivity contribution in [1.29, 1.82) is 0 Å². The highest BCUT2D eigenvalue weighted by Gasteiger charge is 1.54. The lowest BCUT2D eigenvalue weighted by Gasteiger charge is -1.50. The quantitative estimate of drug-likeness (QED) is 0.418. The van der Waals surface area contributed by atoms with E-state index in [0.717, 1.165) is 0 Å². The molecule has 4 heavy (non-hydrogen) atoms. The Labute approximate surface area is 29.6 Å². The number of hydrogen-bond acceptors (Lipinski definition) is 1. The molecule has 0 aliphatic heterocycles. The van der Waals surface area contributed by atoms with Gasteiger partial charge in [0.1, 0.15) is 6.67 Å². The average Bonchev–Trinajstić information content (AvgIpc) is 1.37. The summed E-state index contributed by atoms with van der Waals surface area (Å²) in [7, 11) is 0. The van der Waals surface area contributed by atoms with Gasteiger partial charge >= 0.3 is 0 Å². The lowest BCUT2D eigenvalue weighted by Crippen LogP contribution is -1.60. The smallest absolute Gasteiger partial charge is 0.126 e. The topological polar surface area (TPSA) is 0 Å². The van der Waals surface area contributed by atoms with Crippen LogP contribution in [0.2, 0.25) is 0 Å². The van der Waals surface area contributed by atoms with Crippen molar-refractivity contribution in [2.75, 3.05) is 6.67 Å². The van der Waals surface area contributed by atoms with E-state index in [2.05, 4.69) is 12.2 Å². The third kappa shape index (κ3) is 2.02. The Balaban J connectivity index is 2.30. The third-order valence-electron chi connectivity index (χ3n) is 0.0546. The first-order valence-corrected chi connectivity index (χ1v) is 1.23. The van der Waals surface area contributed by atoms with Gasteiger partial charge in [-0.3, -0.25) is 0 Å². The van der Waals surface area contributed by atoms with Gasteiger partial charge in [-0.15, -0.1) is 0 Å². The van der Waals surface area contributed by atoms with Gasteiger partial charge in [-0.25, -0.2) is 4.39 Å². The van der Waals surface area contributed by atoms with Gasteiger partial charge in [0.15, 0.2) is 0 Å². The van der Waals surface area contributed by atoms with Gasteiger partial charge < -0.3 is 0 Å². The van der Waals surface area contributed by atoms with Gasteiger partial charge in [-0.05, 0) is 0 Å². The maximum Gasteiger partial charge on any atom is 0.126 e. The molecule has 0 atom stereocenters. The van der Waals surface area contributed by atoms with E-state index in [1.165, 1.54) is 0 Å². The zero-order valence-corrected chi connectivity index (χ0v) is 2.81. The Hall–Kier alpha value is 0.0200. The Morgan fingerprint density at radius 3 is 2.25 bits per heavy atom. The highest BCUT2D eigenvalue weighted by Crippen LogP contribution is 1.52. The van der Waals surface area contributed by atoms with Crippen molar-refractivity contribution in [1.82, 2.24) is 0 Å². The first-order chi connectivity index (χ1) is 1.91. The van der Waals surface area contributed by atoms with Crippen LogP contribution in [0.4, 0.5) is 4.39 Å². The monoisotopic (exact) mass is 77.0 g/mol. The van der Waals surface area contributed by atoms with Gasteiger partial charge in [0.05, 0.1) is 5.37 Å². The number of halogens is 1. The highest BCUT2D eigenvalue weighted by molar-refractivity contribution is 7.79. The predicted molar refractivity (Wildman–Crippen MR) is 18.6 cm³/mol. The molecule has 0 aliphatic carbocycles. The Morgan fingerprint density at radius 1 is 2.00 bits per heavy atom. The fraction of sp³-hybridized carbons (Fsp3) is 0.500. The van der Waals surface area contributed by atoms with Crippen LogP contribution in [0.5, 0.6) is 0 Å². The second kappa shape index (κ2) is 3.02. The maximum atomic E-state index is 10.5. The van der Waals surface area contributed by atoms with Gasteiger partial charge in [-0.1, -0.05) is 12.2 Å². The molecule has 0 spiro atoms. The van der Waals surface area contributed by atoms with E-state index in [0.29, 0.717) is 0 Å². The lowest BCUT2D eigenvalue weighted by molar-refractivity contribution is 0.591. The summed E-state index contributed by atoms with van der Waals surface area (Å²) in [5.41, 5.74) is 0. The summed E-state index contributed by atoms with van der Waals surface area (Å²) in [5.74, 6) is 0. The minimum absolute atomic E-state index is 0.616. The molecule has 1 radical (unpaired) electrons. The van der Waals surface area contributed by atoms with Crippen molar-refractivity contribution >= 4 is 17.6 Å². The van der Waals surface area contributed by atoms with Crippen LogP contribution < -0.4 is 0 Å². The Morgan fingerprint density at radius 2 is 2.25 bits per heavy atom. The predicted octanol–water partition coefficient (Wildman–Crippen LogP) is 0.833. The Bertz CT molecular complexity index is 20.0. The molecule has 0 amide bonds. The molecule has 0 unspecified atom stereocenters. The fourth-order valence-electron chi connectivity index (χ4n) is 0. The first kappa shape index (κ1) is 4.02. The van der Waals surface area contributed by atoms with E-state index in [1.807, 2.05) is 5.37 Å². The molecule has 0 N–H and O–H groups in total. The van der Waals surface area contributed by atoms with Crippen LogP contribution in [0.15, 0.2) is 0 Å². The zero-order chi connectivity index (χ0) is 3.41. The van der Waals surface area contributed by atoms with E-state index in [1.54, 1.807) is 0 Å². The summed E-state index contributed by atoms with van der Waals surface area (Å²) in [6.07, 6.45) is 0. The maximum absolute atomic E-state index is 10.5. The average molecular weight is 77.1 g/mol. The lowest BCUT2D eigenvalue weighted by atomic mass is 10.9. The van der Waals surface area contributed by atoms with Crippen molar-refractivity contribution < 1.29 is 4.39 Å². The second-order valence-electron chi connectivity index (χ2n) is 0.278. The summed E-state index contributed by atoms with van der Waals surface area (Å²) < 4.78 is 10.5. The molecule has 2 heteroatoms. The van der Waals surface area contributed by atoms with Crippen LogP contribution in [-0.4, -0.2) is 12.0 Å². The Kier molecular flexibility index (Phi) is 3.04. The van der Waals surface area contributed by atoms with Gasteiger partial charge in [0, 0.05) is 0 Å². The molecule has 0 saturated carbocycles. The van der Waals surface area contributed by atoms with Crippen LogP contribution >= 0.6 is 12.2 Å². The molecule has 0 saturated heterocycles. The molecule has 0 aromatic rings. The van der Waals surface area contributed by atoms with E-state index in [-0.39, 0.29) is 0 Å². The summed E-state index contributed by atoms with van der Waals surface area (Å²) in [4.78, 5) is 0. The summed E-state index contributed by atoms with van der Waals surface area (Å²) in [6.45, 7) is -0.616. The summed E-state index contributed by atoms with van der Waals surface area (Å²) >= 11 is 3.93. The summed E-state index contributed by atoms with van der Waals surface area (Å²) in [5, 5.41) is 1.85. The number of rotatable bonds is 1. The van der Waals surface area contributed by atoms with Crippen molar-refractivity contribution in [3.8, 4) is 0 Å². The normalized spacial score (nSPS) is 6.25. The molecule has 0 heterocycles. The van der Waals surface area contributed by atoms with Gasteiger partial charge in [0.25, 0.3) is 0 Å². The minimum atomic E-state index is -0.616. The van der Waals surface area contributed by atoms with E-state index < -0.39 is 6.67 Å².